The maximum Gasteiger partial charge on any atom is 0.268 e. The number of aryl methyl sites for hydroxylation is 2. The van der Waals surface area contributed by atoms with Gasteiger partial charge in [-0.15, -0.1) is 11.3 Å². The lowest BCUT2D eigenvalue weighted by molar-refractivity contribution is -0.116. The second-order valence-corrected chi connectivity index (χ2v) is 8.98. The molecule has 0 aliphatic heterocycles. The molecule has 0 radical (unpaired) electrons. The van der Waals surface area contributed by atoms with Gasteiger partial charge in [0.2, 0.25) is 11.7 Å². The molecule has 0 aliphatic rings. The number of nitrogens with one attached hydrogen (secondary N) is 1. The summed E-state index contributed by atoms with van der Waals surface area (Å²) in [4.78, 5) is 35.9. The summed E-state index contributed by atoms with van der Waals surface area (Å²) >= 11 is 1.30. The van der Waals surface area contributed by atoms with E-state index in [1.807, 2.05) is 38.1 Å². The molecule has 0 spiro atoms. The first-order chi connectivity index (χ1) is 16.9. The van der Waals surface area contributed by atoms with Crippen molar-refractivity contribution in [2.24, 2.45) is 0 Å². The predicted molar refractivity (Wildman–Crippen MR) is 134 cm³/mol. The van der Waals surface area contributed by atoms with E-state index in [4.69, 9.17) is 9.26 Å². The van der Waals surface area contributed by atoms with E-state index >= 15 is 0 Å². The largest absolute Gasteiger partial charge is 0.497 e. The zero-order valence-corrected chi connectivity index (χ0v) is 20.0. The Balaban J connectivity index is 1.41. The van der Waals surface area contributed by atoms with E-state index in [0.717, 1.165) is 11.1 Å². The van der Waals surface area contributed by atoms with Crippen molar-refractivity contribution in [3.8, 4) is 27.9 Å². The summed E-state index contributed by atoms with van der Waals surface area (Å²) in [5.74, 6) is 1.14. The van der Waals surface area contributed by atoms with Crippen molar-refractivity contribution < 1.29 is 14.1 Å². The van der Waals surface area contributed by atoms with Gasteiger partial charge in [0.1, 0.15) is 17.1 Å². The van der Waals surface area contributed by atoms with Crippen LogP contribution in [0.4, 0.5) is 5.69 Å². The number of nitrogens with zero attached hydrogens (tertiary/aromatic N) is 4. The molecular formula is C25H21N5O4S. The number of amides is 1. The summed E-state index contributed by atoms with van der Waals surface area (Å²) in [6, 6.07) is 14.8. The predicted octanol–water partition coefficient (Wildman–Crippen LogP) is 4.44. The average Bonchev–Trinajstić information content (AvgIpc) is 3.47. The highest BCUT2D eigenvalue weighted by atomic mass is 32.1. The Kier molecular flexibility index (Phi) is 5.87. The Hall–Kier alpha value is -4.31. The number of carbonyl (C=O) groups is 1. The third-order valence-electron chi connectivity index (χ3n) is 5.54. The lowest BCUT2D eigenvalue weighted by Gasteiger charge is -2.08. The highest BCUT2D eigenvalue weighted by Gasteiger charge is 2.21. The summed E-state index contributed by atoms with van der Waals surface area (Å²) in [6.45, 7) is 3.65. The van der Waals surface area contributed by atoms with Gasteiger partial charge in [0.25, 0.3) is 11.4 Å². The molecule has 3 aromatic heterocycles. The normalized spacial score (nSPS) is 11.1. The third kappa shape index (κ3) is 4.43. The van der Waals surface area contributed by atoms with Crippen LogP contribution in [0.15, 0.2) is 64.2 Å². The van der Waals surface area contributed by atoms with Crippen LogP contribution in [0.1, 0.15) is 11.1 Å². The molecule has 0 bridgehead atoms. The van der Waals surface area contributed by atoms with Gasteiger partial charge < -0.3 is 14.6 Å². The first-order valence-corrected chi connectivity index (χ1v) is 11.6. The molecule has 9 nitrogen and oxygen atoms in total. The van der Waals surface area contributed by atoms with Crippen LogP contribution in [-0.4, -0.2) is 32.7 Å². The Bertz CT molecular complexity index is 1580. The minimum absolute atomic E-state index is 0.170. The van der Waals surface area contributed by atoms with Crippen molar-refractivity contribution in [3.05, 3.63) is 76.3 Å². The van der Waals surface area contributed by atoms with Crippen LogP contribution in [-0.2, 0) is 11.3 Å². The molecule has 3 heterocycles. The second-order valence-electron chi connectivity index (χ2n) is 7.98. The molecule has 0 aliphatic carbocycles. The Morgan fingerprint density at radius 3 is 2.57 bits per heavy atom. The summed E-state index contributed by atoms with van der Waals surface area (Å²) in [5.41, 5.74) is 2.96. The van der Waals surface area contributed by atoms with E-state index in [-0.39, 0.29) is 18.0 Å². The van der Waals surface area contributed by atoms with Gasteiger partial charge in [-0.3, -0.25) is 14.2 Å². The number of rotatable bonds is 6. The number of carbonyl (C=O) groups excluding carboxylic acids is 1. The van der Waals surface area contributed by atoms with Crippen LogP contribution in [0.2, 0.25) is 0 Å². The number of aromatic nitrogens is 4. The van der Waals surface area contributed by atoms with Crippen LogP contribution in [0.25, 0.3) is 32.4 Å². The smallest absolute Gasteiger partial charge is 0.268 e. The fraction of sp³-hybridized carbons (Fsp3) is 0.160. The number of hydrogen-bond acceptors (Lipinski definition) is 8. The number of thiophene rings is 1. The second kappa shape index (κ2) is 9.15. The van der Waals surface area contributed by atoms with Crippen molar-refractivity contribution in [1.29, 1.82) is 0 Å². The van der Waals surface area contributed by atoms with Crippen LogP contribution in [0.3, 0.4) is 0 Å². The zero-order valence-electron chi connectivity index (χ0n) is 19.2. The summed E-state index contributed by atoms with van der Waals surface area (Å²) in [6.07, 6.45) is 1.38. The summed E-state index contributed by atoms with van der Waals surface area (Å²) in [7, 11) is 1.57. The molecule has 1 amide bonds. The van der Waals surface area contributed by atoms with Gasteiger partial charge in [-0.2, -0.15) is 4.98 Å². The Morgan fingerprint density at radius 2 is 1.86 bits per heavy atom. The Morgan fingerprint density at radius 1 is 1.11 bits per heavy atom. The molecule has 0 fully saturated rings. The average molecular weight is 488 g/mol. The minimum atomic E-state index is -0.342. The van der Waals surface area contributed by atoms with E-state index < -0.39 is 0 Å². The highest BCUT2D eigenvalue weighted by Crippen LogP contribution is 2.35. The molecule has 0 saturated carbocycles. The Labute approximate surface area is 204 Å². The maximum atomic E-state index is 13.2. The monoisotopic (exact) mass is 487 g/mol. The number of hydrogen-bond donors (Lipinski definition) is 1. The third-order valence-corrected chi connectivity index (χ3v) is 6.72. The molecule has 35 heavy (non-hydrogen) atoms. The van der Waals surface area contributed by atoms with Gasteiger partial charge in [-0.25, -0.2) is 4.98 Å². The van der Waals surface area contributed by atoms with Crippen molar-refractivity contribution in [3.63, 3.8) is 0 Å². The van der Waals surface area contributed by atoms with Gasteiger partial charge in [0, 0.05) is 11.3 Å². The quantitative estimate of drug-likeness (QED) is 0.377. The van der Waals surface area contributed by atoms with Gasteiger partial charge >= 0.3 is 0 Å². The van der Waals surface area contributed by atoms with Gasteiger partial charge in [0.15, 0.2) is 0 Å². The van der Waals surface area contributed by atoms with Gasteiger partial charge in [-0.1, -0.05) is 35.0 Å². The molecule has 0 saturated heterocycles. The van der Waals surface area contributed by atoms with Crippen LogP contribution < -0.4 is 15.6 Å². The minimum Gasteiger partial charge on any atom is -0.497 e. The number of anilines is 1. The fourth-order valence-corrected chi connectivity index (χ4v) is 4.70. The van der Waals surface area contributed by atoms with E-state index in [9.17, 15) is 9.59 Å². The zero-order chi connectivity index (χ0) is 24.5. The summed E-state index contributed by atoms with van der Waals surface area (Å²) < 4.78 is 11.9. The SMILES string of the molecule is COc1ccc(NC(=O)Cn2cnc3sc(-c4nc(-c5ccc(C)cc5)no4)c(C)c3c2=O)cc1. The van der Waals surface area contributed by atoms with Crippen LogP contribution >= 0.6 is 11.3 Å². The maximum absolute atomic E-state index is 13.2. The van der Waals surface area contributed by atoms with Crippen LogP contribution in [0, 0.1) is 13.8 Å². The lowest BCUT2D eigenvalue weighted by atomic mass is 10.1. The molecule has 176 valence electrons. The number of benzene rings is 2. The number of ether oxygens (including phenoxy) is 1. The van der Waals surface area contributed by atoms with Gasteiger partial charge in [0.05, 0.1) is 23.7 Å². The topological polar surface area (TPSA) is 112 Å². The van der Waals surface area contributed by atoms with Crippen LogP contribution in [0.5, 0.6) is 5.75 Å². The van der Waals surface area contributed by atoms with Crippen molar-refractivity contribution in [2.45, 2.75) is 20.4 Å². The van der Waals surface area contributed by atoms with Crippen molar-refractivity contribution >= 4 is 33.1 Å². The first-order valence-electron chi connectivity index (χ1n) is 10.8. The molecule has 0 unspecified atom stereocenters. The van der Waals surface area contributed by atoms with Crippen molar-refractivity contribution in [1.82, 2.24) is 19.7 Å². The molecule has 10 heteroatoms. The molecule has 1 N–H and O–H groups in total. The molecule has 2 aromatic carbocycles. The standard InChI is InChI=1S/C25H21N5O4S/c1-14-4-6-16(7-5-14)22-28-23(34-29-22)21-15(2)20-24(35-21)26-13-30(25(20)32)12-19(31)27-17-8-10-18(33-3)11-9-17/h4-11,13H,12H2,1-3H3,(H,27,31). The van der Waals surface area contributed by atoms with E-state index in [1.165, 1.54) is 22.2 Å². The molecular weight excluding hydrogens is 466 g/mol. The van der Waals surface area contributed by atoms with E-state index in [0.29, 0.717) is 43.8 Å². The summed E-state index contributed by atoms with van der Waals surface area (Å²) in [5, 5.41) is 7.29. The van der Waals surface area contributed by atoms with Gasteiger partial charge in [-0.05, 0) is 43.7 Å². The molecule has 5 rings (SSSR count). The highest BCUT2D eigenvalue weighted by molar-refractivity contribution is 7.22. The fourth-order valence-electron chi connectivity index (χ4n) is 3.64. The molecule has 0 atom stereocenters. The van der Waals surface area contributed by atoms with E-state index in [1.54, 1.807) is 31.4 Å². The number of methoxy groups -OCH3 is 1. The first kappa shape index (κ1) is 22.5. The molecule has 5 aromatic rings. The number of fused-ring (bicyclic) bond motifs is 1. The van der Waals surface area contributed by atoms with E-state index in [2.05, 4.69) is 20.4 Å². The lowest BCUT2D eigenvalue weighted by Crippen LogP contribution is -2.27. The van der Waals surface area contributed by atoms with Crippen molar-refractivity contribution in [2.75, 3.05) is 12.4 Å².